The molecule has 2 nitrogen and oxygen atoms in total. The van der Waals surface area contributed by atoms with Crippen molar-refractivity contribution in [2.75, 3.05) is 0 Å². The van der Waals surface area contributed by atoms with Crippen LogP contribution in [0.4, 0.5) is 0 Å². The summed E-state index contributed by atoms with van der Waals surface area (Å²) >= 11 is 0. The first-order valence-electron chi connectivity index (χ1n) is 8.09. The third-order valence-corrected chi connectivity index (χ3v) is 4.54. The van der Waals surface area contributed by atoms with E-state index in [4.69, 9.17) is 4.74 Å². The van der Waals surface area contributed by atoms with Crippen molar-refractivity contribution in [1.82, 2.24) is 0 Å². The summed E-state index contributed by atoms with van der Waals surface area (Å²) in [6.07, 6.45) is 3.37. The van der Waals surface area contributed by atoms with E-state index < -0.39 is 0 Å². The van der Waals surface area contributed by atoms with Crippen LogP contribution in [0.3, 0.4) is 0 Å². The zero-order chi connectivity index (χ0) is 16.4. The molecular formula is C21H22O2. The number of rotatable bonds is 4. The number of hydrogen-bond donors (Lipinski definition) is 0. The predicted molar refractivity (Wildman–Crippen MR) is 93.9 cm³/mol. The molecule has 0 amide bonds. The van der Waals surface area contributed by atoms with E-state index in [0.29, 0.717) is 6.61 Å². The van der Waals surface area contributed by atoms with E-state index in [-0.39, 0.29) is 5.78 Å². The summed E-state index contributed by atoms with van der Waals surface area (Å²) in [6, 6.07) is 12.0. The molecular weight excluding hydrogens is 284 g/mol. The molecule has 2 aromatic carbocycles. The minimum Gasteiger partial charge on any atom is -0.489 e. The fourth-order valence-corrected chi connectivity index (χ4v) is 3.03. The number of carbonyl (C=O) groups excluding carboxylic acids is 1. The maximum absolute atomic E-state index is 11.5. The minimum atomic E-state index is 0.0799. The number of fused-ring (bicyclic) bond motifs is 1. The Morgan fingerprint density at radius 2 is 2.00 bits per heavy atom. The van der Waals surface area contributed by atoms with Crippen LogP contribution in [0.5, 0.6) is 5.75 Å². The van der Waals surface area contributed by atoms with E-state index in [0.717, 1.165) is 35.3 Å². The van der Waals surface area contributed by atoms with Gasteiger partial charge in [-0.05, 0) is 79.1 Å². The summed E-state index contributed by atoms with van der Waals surface area (Å²) in [5, 5.41) is 0. The number of hydrogen-bond acceptors (Lipinski definition) is 2. The molecule has 0 radical (unpaired) electrons. The third kappa shape index (κ3) is 3.37. The van der Waals surface area contributed by atoms with Crippen LogP contribution in [0.1, 0.15) is 52.4 Å². The smallest absolute Gasteiger partial charge is 0.159 e. The first-order valence-corrected chi connectivity index (χ1v) is 8.09. The number of allylic oxidation sites excluding steroid dienone is 1. The van der Waals surface area contributed by atoms with Crippen molar-refractivity contribution >= 4 is 11.4 Å². The predicted octanol–water partition coefficient (Wildman–Crippen LogP) is 5.13. The van der Waals surface area contributed by atoms with Gasteiger partial charge in [0.2, 0.25) is 0 Å². The Kier molecular flexibility index (Phi) is 4.33. The van der Waals surface area contributed by atoms with Gasteiger partial charge in [0, 0.05) is 5.56 Å². The highest BCUT2D eigenvalue weighted by Crippen LogP contribution is 2.32. The summed E-state index contributed by atoms with van der Waals surface area (Å²) in [5.41, 5.74) is 6.72. The Bertz CT molecular complexity index is 771. The number of benzene rings is 2. The fourth-order valence-electron chi connectivity index (χ4n) is 3.03. The van der Waals surface area contributed by atoms with Crippen molar-refractivity contribution in [3.8, 4) is 5.75 Å². The van der Waals surface area contributed by atoms with Crippen LogP contribution in [-0.4, -0.2) is 5.78 Å². The van der Waals surface area contributed by atoms with E-state index in [1.54, 1.807) is 6.92 Å². The van der Waals surface area contributed by atoms with Gasteiger partial charge in [0.25, 0.3) is 0 Å². The molecule has 0 N–H and O–H groups in total. The highest BCUT2D eigenvalue weighted by atomic mass is 16.5. The lowest BCUT2D eigenvalue weighted by atomic mass is 9.88. The number of ether oxygens (including phenoxy) is 1. The van der Waals surface area contributed by atoms with E-state index in [1.165, 1.54) is 23.1 Å². The largest absolute Gasteiger partial charge is 0.489 e. The summed E-state index contributed by atoms with van der Waals surface area (Å²) < 4.78 is 5.97. The van der Waals surface area contributed by atoms with Gasteiger partial charge < -0.3 is 4.74 Å². The molecule has 0 aliphatic heterocycles. The van der Waals surface area contributed by atoms with Crippen LogP contribution in [0, 0.1) is 6.92 Å². The minimum absolute atomic E-state index is 0.0799. The first-order chi connectivity index (χ1) is 11.0. The lowest BCUT2D eigenvalue weighted by Gasteiger charge is -2.19. The highest BCUT2D eigenvalue weighted by Gasteiger charge is 2.13. The molecule has 0 saturated heterocycles. The quantitative estimate of drug-likeness (QED) is 0.732. The van der Waals surface area contributed by atoms with Crippen molar-refractivity contribution in [3.05, 3.63) is 70.8 Å². The molecule has 118 valence electrons. The molecule has 0 unspecified atom stereocenters. The van der Waals surface area contributed by atoms with E-state index in [1.807, 2.05) is 31.2 Å². The van der Waals surface area contributed by atoms with E-state index >= 15 is 0 Å². The molecule has 0 heterocycles. The average Bonchev–Trinajstić information content (AvgIpc) is 2.54. The Balaban J connectivity index is 1.79. The summed E-state index contributed by atoms with van der Waals surface area (Å²) in [4.78, 5) is 11.5. The topological polar surface area (TPSA) is 26.3 Å². The van der Waals surface area contributed by atoms with Crippen molar-refractivity contribution in [2.45, 2.75) is 39.7 Å². The maximum Gasteiger partial charge on any atom is 0.159 e. The number of carbonyl (C=O) groups is 1. The average molecular weight is 306 g/mol. The summed E-state index contributed by atoms with van der Waals surface area (Å²) in [5.74, 6) is 0.941. The molecule has 0 spiro atoms. The normalized spacial score (nSPS) is 13.6. The molecule has 23 heavy (non-hydrogen) atoms. The van der Waals surface area contributed by atoms with Gasteiger partial charge >= 0.3 is 0 Å². The van der Waals surface area contributed by atoms with Gasteiger partial charge in [-0.2, -0.15) is 0 Å². The zero-order valence-corrected chi connectivity index (χ0v) is 13.8. The molecule has 3 rings (SSSR count). The standard InChI is InChI=1S/C21H22O2/c1-14-7-8-18(16(3)22)11-19(14)13-23-20-10-9-17-6-4-5-15(2)21(17)12-20/h7-12H,2,4-6,13H2,1,3H3. The van der Waals surface area contributed by atoms with Gasteiger partial charge in [0.1, 0.15) is 12.4 Å². The lowest BCUT2D eigenvalue weighted by Crippen LogP contribution is -2.04. The van der Waals surface area contributed by atoms with Gasteiger partial charge in [-0.1, -0.05) is 24.8 Å². The Labute approximate surface area is 137 Å². The molecule has 1 aliphatic carbocycles. The SMILES string of the molecule is C=C1CCCc2ccc(OCc3cc(C(C)=O)ccc3C)cc21. The second-order valence-electron chi connectivity index (χ2n) is 6.26. The number of ketones is 1. The fraction of sp³-hybridized carbons (Fsp3) is 0.286. The van der Waals surface area contributed by atoms with Crippen molar-refractivity contribution in [2.24, 2.45) is 0 Å². The molecule has 2 aromatic rings. The Morgan fingerprint density at radius 1 is 1.17 bits per heavy atom. The van der Waals surface area contributed by atoms with Crippen molar-refractivity contribution in [1.29, 1.82) is 0 Å². The maximum atomic E-state index is 11.5. The number of Topliss-reactive ketones (excluding diaryl/α,β-unsaturated/α-hetero) is 1. The highest BCUT2D eigenvalue weighted by molar-refractivity contribution is 5.94. The second kappa shape index (κ2) is 6.41. The second-order valence-corrected chi connectivity index (χ2v) is 6.26. The van der Waals surface area contributed by atoms with E-state index in [2.05, 4.69) is 18.7 Å². The van der Waals surface area contributed by atoms with Crippen LogP contribution in [0.15, 0.2) is 43.0 Å². The molecule has 0 saturated carbocycles. The molecule has 2 heteroatoms. The van der Waals surface area contributed by atoms with Crippen LogP contribution in [-0.2, 0) is 13.0 Å². The molecule has 0 aromatic heterocycles. The van der Waals surface area contributed by atoms with Gasteiger partial charge in [0.15, 0.2) is 5.78 Å². The monoisotopic (exact) mass is 306 g/mol. The Hall–Kier alpha value is -2.35. The van der Waals surface area contributed by atoms with Crippen LogP contribution in [0.25, 0.3) is 5.57 Å². The third-order valence-electron chi connectivity index (χ3n) is 4.54. The van der Waals surface area contributed by atoms with Gasteiger partial charge in [-0.3, -0.25) is 4.79 Å². The van der Waals surface area contributed by atoms with Crippen molar-refractivity contribution in [3.63, 3.8) is 0 Å². The van der Waals surface area contributed by atoms with Crippen LogP contribution >= 0.6 is 0 Å². The summed E-state index contributed by atoms with van der Waals surface area (Å²) in [7, 11) is 0. The summed E-state index contributed by atoms with van der Waals surface area (Å²) in [6.45, 7) is 8.26. The van der Waals surface area contributed by atoms with E-state index in [9.17, 15) is 4.79 Å². The Morgan fingerprint density at radius 3 is 2.78 bits per heavy atom. The first kappa shape index (κ1) is 15.5. The molecule has 0 bridgehead atoms. The molecule has 0 atom stereocenters. The van der Waals surface area contributed by atoms with Crippen LogP contribution < -0.4 is 4.74 Å². The van der Waals surface area contributed by atoms with Gasteiger partial charge in [-0.25, -0.2) is 0 Å². The lowest BCUT2D eigenvalue weighted by molar-refractivity contribution is 0.101. The number of aryl methyl sites for hydroxylation is 2. The van der Waals surface area contributed by atoms with Gasteiger partial charge in [0.05, 0.1) is 0 Å². The zero-order valence-electron chi connectivity index (χ0n) is 13.8. The van der Waals surface area contributed by atoms with Crippen LogP contribution in [0.2, 0.25) is 0 Å². The molecule has 0 fully saturated rings. The molecule has 1 aliphatic rings. The van der Waals surface area contributed by atoms with Gasteiger partial charge in [-0.15, -0.1) is 0 Å². The van der Waals surface area contributed by atoms with Crippen molar-refractivity contribution < 1.29 is 9.53 Å².